The Bertz CT molecular complexity index is 533. The molecule has 0 atom stereocenters. The van der Waals surface area contributed by atoms with Crippen LogP contribution >= 0.6 is 11.6 Å². The minimum Gasteiger partial charge on any atom is -0.416 e. The van der Waals surface area contributed by atoms with Crippen molar-refractivity contribution in [3.05, 3.63) is 0 Å². The van der Waals surface area contributed by atoms with Crippen molar-refractivity contribution >= 4 is 45.4 Å². The zero-order valence-electron chi connectivity index (χ0n) is 19.5. The molecule has 0 aromatic carbocycles. The van der Waals surface area contributed by atoms with E-state index in [0.717, 1.165) is 0 Å². The molecule has 0 N–H and O–H groups in total. The van der Waals surface area contributed by atoms with Crippen LogP contribution in [0, 0.1) is 0 Å². The molecule has 0 saturated heterocycles. The van der Waals surface area contributed by atoms with Gasteiger partial charge in [-0.25, -0.2) is 0 Å². The fourth-order valence-electron chi connectivity index (χ4n) is 2.89. The normalized spacial score (nSPS) is 15.3. The molecular formula is C16H32ClF9O3Si4. The van der Waals surface area contributed by atoms with E-state index < -0.39 is 77.1 Å². The first-order chi connectivity index (χ1) is 14.3. The van der Waals surface area contributed by atoms with Gasteiger partial charge in [0, 0.05) is 19.3 Å². The number of hydrogen-bond donors (Lipinski definition) is 0. The number of hydrogen-bond acceptors (Lipinski definition) is 3. The molecule has 0 amide bonds. The van der Waals surface area contributed by atoms with Crippen molar-refractivity contribution in [2.75, 3.05) is 5.50 Å². The summed E-state index contributed by atoms with van der Waals surface area (Å²) in [6, 6.07) is -1.15. The minimum atomic E-state index is -4.46. The van der Waals surface area contributed by atoms with E-state index in [1.54, 1.807) is 0 Å². The summed E-state index contributed by atoms with van der Waals surface area (Å²) in [5.41, 5.74) is -0.486. The fourth-order valence-corrected chi connectivity index (χ4v) is 20.6. The lowest BCUT2D eigenvalue weighted by atomic mass is 10.5. The fraction of sp³-hybridized carbons (Fsp3) is 1.00. The Hall–Kier alpha value is 0.408. The lowest BCUT2D eigenvalue weighted by molar-refractivity contribution is -0.131. The Morgan fingerprint density at radius 1 is 0.515 bits per heavy atom. The third-order valence-corrected chi connectivity index (χ3v) is 20.5. The van der Waals surface area contributed by atoms with Gasteiger partial charge in [-0.15, -0.1) is 11.6 Å². The molecule has 0 aliphatic rings. The summed E-state index contributed by atoms with van der Waals surface area (Å²) in [6.07, 6.45) is -16.8. The number of halogens is 10. The van der Waals surface area contributed by atoms with Crippen LogP contribution in [0.5, 0.6) is 0 Å². The molecule has 0 unspecified atom stereocenters. The average Bonchev–Trinajstić information content (AvgIpc) is 2.54. The van der Waals surface area contributed by atoms with E-state index in [1.165, 1.54) is 39.3 Å². The largest absolute Gasteiger partial charge is 0.485 e. The molecule has 0 aromatic heterocycles. The van der Waals surface area contributed by atoms with Crippen molar-refractivity contribution in [3.8, 4) is 0 Å². The van der Waals surface area contributed by atoms with Gasteiger partial charge in [-0.05, 0) is 57.4 Å². The first kappa shape index (κ1) is 33.4. The zero-order chi connectivity index (χ0) is 26.6. The monoisotopic (exact) mass is 590 g/mol. The molecule has 0 bridgehead atoms. The van der Waals surface area contributed by atoms with Crippen molar-refractivity contribution < 1.29 is 51.9 Å². The van der Waals surface area contributed by atoms with Crippen molar-refractivity contribution in [2.24, 2.45) is 0 Å². The lowest BCUT2D eigenvalue weighted by Gasteiger charge is -2.44. The molecule has 0 saturated carbocycles. The molecule has 17 heteroatoms. The van der Waals surface area contributed by atoms with Gasteiger partial charge in [0.25, 0.3) is 0 Å². The Labute approximate surface area is 198 Å². The van der Waals surface area contributed by atoms with Gasteiger partial charge in [-0.3, -0.25) is 0 Å². The standard InChI is InChI=1S/C16H32ClF9O3Si4/c1-30(2,10-7-14(18,19)20)27-33(13-17,28-31(3,4)11-8-15(21,22)23)29-32(5,6)12-9-16(24,25)26/h7-13H2,1-6H3. The first-order valence-electron chi connectivity index (χ1n) is 10.2. The molecule has 0 heterocycles. The van der Waals surface area contributed by atoms with Crippen molar-refractivity contribution in [2.45, 2.75) is 95.2 Å². The molecule has 0 rings (SSSR count). The summed E-state index contributed by atoms with van der Waals surface area (Å²) >= 11 is 6.10. The maximum Gasteiger partial charge on any atom is 0.485 e. The van der Waals surface area contributed by atoms with Crippen LogP contribution in [0.15, 0.2) is 0 Å². The second-order valence-electron chi connectivity index (χ2n) is 9.75. The highest BCUT2D eigenvalue weighted by Crippen LogP contribution is 2.36. The minimum absolute atomic E-state index is 0.385. The summed E-state index contributed by atoms with van der Waals surface area (Å²) in [5, 5.41) is 0. The van der Waals surface area contributed by atoms with Gasteiger partial charge in [0.1, 0.15) is 0 Å². The highest BCUT2D eigenvalue weighted by atomic mass is 35.5. The summed E-state index contributed by atoms with van der Waals surface area (Å²) in [5.74, 6) is 0. The van der Waals surface area contributed by atoms with Crippen LogP contribution in [0.3, 0.4) is 0 Å². The zero-order valence-corrected chi connectivity index (χ0v) is 24.2. The van der Waals surface area contributed by atoms with Crippen molar-refractivity contribution in [3.63, 3.8) is 0 Å². The number of alkyl halides is 10. The predicted octanol–water partition coefficient (Wildman–Crippen LogP) is 8.23. The highest BCUT2D eigenvalue weighted by molar-refractivity contribution is 6.92. The maximum atomic E-state index is 12.8. The van der Waals surface area contributed by atoms with Crippen molar-refractivity contribution in [1.82, 2.24) is 0 Å². The van der Waals surface area contributed by atoms with Gasteiger partial charge >= 0.3 is 27.3 Å². The molecule has 0 spiro atoms. The first-order valence-corrected chi connectivity index (χ1v) is 22.0. The lowest BCUT2D eigenvalue weighted by Crippen LogP contribution is -2.63. The topological polar surface area (TPSA) is 27.7 Å². The molecule has 33 heavy (non-hydrogen) atoms. The second kappa shape index (κ2) is 11.6. The SMILES string of the molecule is C[Si](C)(CCC(F)(F)F)O[Si](CCl)(O[Si](C)(C)CCC(F)(F)F)O[Si](C)(C)CCC(F)(F)F. The molecule has 0 aromatic rings. The number of rotatable bonds is 13. The van der Waals surface area contributed by atoms with Gasteiger partial charge in [0.15, 0.2) is 25.0 Å². The third-order valence-electron chi connectivity index (χ3n) is 4.49. The summed E-state index contributed by atoms with van der Waals surface area (Å²) < 4.78 is 133. The van der Waals surface area contributed by atoms with Gasteiger partial charge in [-0.2, -0.15) is 39.5 Å². The van der Waals surface area contributed by atoms with Crippen LogP contribution in [-0.4, -0.2) is 57.8 Å². The van der Waals surface area contributed by atoms with Crippen LogP contribution in [-0.2, 0) is 12.3 Å². The smallest absolute Gasteiger partial charge is 0.416 e. The molecule has 0 fully saturated rings. The molecule has 3 nitrogen and oxygen atoms in total. The maximum absolute atomic E-state index is 12.8. The summed E-state index contributed by atoms with van der Waals surface area (Å²) in [7, 11) is -13.7. The Balaban J connectivity index is 5.91. The average molecular weight is 591 g/mol. The van der Waals surface area contributed by atoms with Crippen LogP contribution in [0.25, 0.3) is 0 Å². The Morgan fingerprint density at radius 3 is 0.879 bits per heavy atom. The van der Waals surface area contributed by atoms with Gasteiger partial charge in [0.05, 0.1) is 5.50 Å². The van der Waals surface area contributed by atoms with E-state index in [2.05, 4.69) is 0 Å². The van der Waals surface area contributed by atoms with E-state index in [9.17, 15) is 39.5 Å². The molecular weight excluding hydrogens is 559 g/mol. The van der Waals surface area contributed by atoms with Gasteiger partial charge < -0.3 is 12.3 Å². The summed E-state index contributed by atoms with van der Waals surface area (Å²) in [4.78, 5) is 0. The van der Waals surface area contributed by atoms with E-state index in [-0.39, 0.29) is 18.1 Å². The van der Waals surface area contributed by atoms with Crippen LogP contribution in [0.1, 0.15) is 19.3 Å². The van der Waals surface area contributed by atoms with Crippen LogP contribution in [0.4, 0.5) is 39.5 Å². The predicted molar refractivity (Wildman–Crippen MR) is 119 cm³/mol. The van der Waals surface area contributed by atoms with E-state index in [4.69, 9.17) is 23.9 Å². The summed E-state index contributed by atoms with van der Waals surface area (Å²) in [6.45, 7) is 8.80. The molecule has 0 aliphatic carbocycles. The van der Waals surface area contributed by atoms with Crippen LogP contribution < -0.4 is 0 Å². The van der Waals surface area contributed by atoms with Gasteiger partial charge in [0.2, 0.25) is 0 Å². The molecule has 0 radical (unpaired) electrons. The van der Waals surface area contributed by atoms with E-state index in [1.807, 2.05) is 0 Å². The molecule has 200 valence electrons. The highest BCUT2D eigenvalue weighted by Gasteiger charge is 2.53. The van der Waals surface area contributed by atoms with Crippen molar-refractivity contribution in [1.29, 1.82) is 0 Å². The quantitative estimate of drug-likeness (QED) is 0.123. The second-order valence-corrected chi connectivity index (χ2v) is 26.7. The van der Waals surface area contributed by atoms with E-state index in [0.29, 0.717) is 0 Å². The third kappa shape index (κ3) is 16.7. The van der Waals surface area contributed by atoms with Crippen LogP contribution in [0.2, 0.25) is 57.4 Å². The molecule has 0 aliphatic heterocycles. The van der Waals surface area contributed by atoms with E-state index >= 15 is 0 Å². The Kier molecular flexibility index (Phi) is 11.8. The van der Waals surface area contributed by atoms with Gasteiger partial charge in [-0.1, -0.05) is 0 Å². The Morgan fingerprint density at radius 2 is 0.727 bits per heavy atom.